The van der Waals surface area contributed by atoms with Gasteiger partial charge in [-0.05, 0) is 31.0 Å². The van der Waals surface area contributed by atoms with E-state index in [4.69, 9.17) is 0 Å². The van der Waals surface area contributed by atoms with Crippen molar-refractivity contribution in [1.82, 2.24) is 0 Å². The van der Waals surface area contributed by atoms with E-state index < -0.39 is 21.9 Å². The minimum atomic E-state index is -3.39. The molecule has 0 fully saturated rings. The van der Waals surface area contributed by atoms with E-state index in [-0.39, 0.29) is 17.1 Å². The van der Waals surface area contributed by atoms with Crippen molar-refractivity contribution >= 4 is 15.8 Å². The van der Waals surface area contributed by atoms with Crippen molar-refractivity contribution in [3.05, 3.63) is 29.3 Å². The zero-order valence-corrected chi connectivity index (χ0v) is 11.3. The molecule has 100 valence electrons. The predicted octanol–water partition coefficient (Wildman–Crippen LogP) is 0.995. The smallest absolute Gasteiger partial charge is 0.339 e. The first kappa shape index (κ1) is 14.7. The van der Waals surface area contributed by atoms with Gasteiger partial charge in [0.25, 0.3) is 0 Å². The summed E-state index contributed by atoms with van der Waals surface area (Å²) in [5.74, 6) is -0.791. The Bertz CT molecular complexity index is 548. The summed E-state index contributed by atoms with van der Waals surface area (Å²) in [5, 5.41) is 9.73. The number of carbonyl (C=O) groups excluding carboxylic acids is 1. The van der Waals surface area contributed by atoms with Crippen LogP contribution in [0.3, 0.4) is 0 Å². The Kier molecular flexibility index (Phi) is 4.48. The van der Waals surface area contributed by atoms with E-state index >= 15 is 0 Å². The van der Waals surface area contributed by atoms with Gasteiger partial charge in [-0.15, -0.1) is 0 Å². The molecule has 0 saturated carbocycles. The lowest BCUT2D eigenvalue weighted by Gasteiger charge is -2.12. The Morgan fingerprint density at radius 2 is 2.06 bits per heavy atom. The fraction of sp³-hybridized carbons (Fsp3) is 0.417. The number of hydrogen-bond acceptors (Lipinski definition) is 5. The molecule has 6 heteroatoms. The third kappa shape index (κ3) is 3.30. The van der Waals surface area contributed by atoms with Gasteiger partial charge in [-0.2, -0.15) is 0 Å². The molecule has 1 rings (SSSR count). The lowest BCUT2D eigenvalue weighted by Crippen LogP contribution is -2.16. The molecule has 0 spiro atoms. The minimum Gasteiger partial charge on any atom is -0.464 e. The quantitative estimate of drug-likeness (QED) is 0.827. The number of aryl methyl sites for hydroxylation is 1. The van der Waals surface area contributed by atoms with E-state index in [0.717, 1.165) is 6.26 Å². The van der Waals surface area contributed by atoms with Crippen molar-refractivity contribution in [1.29, 1.82) is 0 Å². The van der Waals surface area contributed by atoms with Crippen LogP contribution in [0.5, 0.6) is 0 Å². The zero-order valence-electron chi connectivity index (χ0n) is 10.5. The molecule has 1 unspecified atom stereocenters. The van der Waals surface area contributed by atoms with Crippen molar-refractivity contribution in [3.63, 3.8) is 0 Å². The molecular weight excluding hydrogens is 256 g/mol. The molecule has 1 aromatic rings. The third-order valence-electron chi connectivity index (χ3n) is 2.44. The Morgan fingerprint density at radius 1 is 1.44 bits per heavy atom. The number of esters is 1. The maximum absolute atomic E-state index is 11.5. The Labute approximate surface area is 106 Å². The molecule has 0 amide bonds. The molecule has 0 aliphatic rings. The highest BCUT2D eigenvalue weighted by atomic mass is 32.2. The number of rotatable bonds is 4. The van der Waals surface area contributed by atoms with Crippen molar-refractivity contribution in [3.8, 4) is 0 Å². The van der Waals surface area contributed by atoms with Gasteiger partial charge < -0.3 is 9.84 Å². The number of aliphatic hydroxyl groups is 1. The average Bonchev–Trinajstić information content (AvgIpc) is 2.27. The molecule has 5 nitrogen and oxygen atoms in total. The summed E-state index contributed by atoms with van der Waals surface area (Å²) >= 11 is 0. The van der Waals surface area contributed by atoms with Gasteiger partial charge in [0.2, 0.25) is 0 Å². The normalized spacial score (nSPS) is 13.1. The first-order valence-electron chi connectivity index (χ1n) is 5.42. The lowest BCUT2D eigenvalue weighted by molar-refractivity contribution is -0.153. The second-order valence-corrected chi connectivity index (χ2v) is 5.94. The summed E-state index contributed by atoms with van der Waals surface area (Å²) in [5.41, 5.74) is 0.775. The van der Waals surface area contributed by atoms with Crippen molar-refractivity contribution < 1.29 is 23.1 Å². The lowest BCUT2D eigenvalue weighted by atomic mass is 10.1. The highest BCUT2D eigenvalue weighted by Gasteiger charge is 2.21. The van der Waals surface area contributed by atoms with E-state index in [1.54, 1.807) is 19.9 Å². The van der Waals surface area contributed by atoms with Crippen LogP contribution in [0.1, 0.15) is 24.2 Å². The van der Waals surface area contributed by atoms with Crippen LogP contribution in [-0.4, -0.2) is 32.4 Å². The summed E-state index contributed by atoms with van der Waals surface area (Å²) in [4.78, 5) is 11.5. The van der Waals surface area contributed by atoms with Crippen molar-refractivity contribution in [2.24, 2.45) is 0 Å². The summed E-state index contributed by atoms with van der Waals surface area (Å²) in [6, 6.07) is 4.35. The van der Waals surface area contributed by atoms with Gasteiger partial charge in [0.1, 0.15) is 0 Å². The van der Waals surface area contributed by atoms with E-state index in [1.807, 2.05) is 0 Å². The third-order valence-corrected chi connectivity index (χ3v) is 3.68. The second kappa shape index (κ2) is 5.49. The van der Waals surface area contributed by atoms with Crippen LogP contribution in [-0.2, 0) is 19.4 Å². The monoisotopic (exact) mass is 272 g/mol. The molecule has 18 heavy (non-hydrogen) atoms. The highest BCUT2D eigenvalue weighted by Crippen LogP contribution is 2.22. The summed E-state index contributed by atoms with van der Waals surface area (Å²) in [6.45, 7) is 3.43. The molecule has 1 aromatic carbocycles. The Balaban J connectivity index is 3.17. The molecule has 0 aliphatic carbocycles. The minimum absolute atomic E-state index is 0.100. The van der Waals surface area contributed by atoms with Crippen LogP contribution >= 0.6 is 0 Å². The van der Waals surface area contributed by atoms with Gasteiger partial charge in [-0.25, -0.2) is 13.2 Å². The predicted molar refractivity (Wildman–Crippen MR) is 65.9 cm³/mol. The van der Waals surface area contributed by atoms with E-state index in [2.05, 4.69) is 4.74 Å². The average molecular weight is 272 g/mol. The molecule has 0 aromatic heterocycles. The first-order valence-corrected chi connectivity index (χ1v) is 7.31. The van der Waals surface area contributed by atoms with Crippen molar-refractivity contribution in [2.75, 3.05) is 12.9 Å². The Morgan fingerprint density at radius 3 is 2.56 bits per heavy atom. The number of ether oxygens (including phenoxy) is 1. The fourth-order valence-corrected chi connectivity index (χ4v) is 2.55. The SMILES string of the molecule is CCOC(=O)C(O)c1ccc(C)c(S(C)(=O)=O)c1. The standard InChI is InChI=1S/C12H16O5S/c1-4-17-12(14)11(13)9-6-5-8(2)10(7-9)18(3,15)16/h5-7,11,13H,4H2,1-3H3. The second-order valence-electron chi connectivity index (χ2n) is 3.95. The molecule has 0 radical (unpaired) electrons. The fourth-order valence-electron chi connectivity index (χ4n) is 1.54. The molecular formula is C12H16O5S. The number of hydrogen-bond donors (Lipinski definition) is 1. The van der Waals surface area contributed by atoms with E-state index in [9.17, 15) is 18.3 Å². The van der Waals surface area contributed by atoms with Crippen LogP contribution in [0.4, 0.5) is 0 Å². The van der Waals surface area contributed by atoms with E-state index in [0.29, 0.717) is 5.56 Å². The summed E-state index contributed by atoms with van der Waals surface area (Å²) < 4.78 is 27.7. The number of aliphatic hydroxyl groups excluding tert-OH is 1. The van der Waals surface area contributed by atoms with Crippen LogP contribution < -0.4 is 0 Å². The van der Waals surface area contributed by atoms with Crippen LogP contribution in [0.15, 0.2) is 23.1 Å². The van der Waals surface area contributed by atoms with Gasteiger partial charge in [0.15, 0.2) is 15.9 Å². The van der Waals surface area contributed by atoms with E-state index in [1.165, 1.54) is 12.1 Å². The first-order chi connectivity index (χ1) is 8.27. The van der Waals surface area contributed by atoms with Crippen LogP contribution in [0, 0.1) is 6.92 Å². The summed E-state index contributed by atoms with van der Waals surface area (Å²) in [7, 11) is -3.39. The van der Waals surface area contributed by atoms with Gasteiger partial charge in [-0.3, -0.25) is 0 Å². The largest absolute Gasteiger partial charge is 0.464 e. The Hall–Kier alpha value is -1.40. The van der Waals surface area contributed by atoms with Gasteiger partial charge in [0.05, 0.1) is 11.5 Å². The molecule has 1 atom stereocenters. The maximum atomic E-state index is 11.5. The van der Waals surface area contributed by atoms with Crippen molar-refractivity contribution in [2.45, 2.75) is 24.8 Å². The van der Waals surface area contributed by atoms with Crippen LogP contribution in [0.2, 0.25) is 0 Å². The molecule has 0 aliphatic heterocycles. The molecule has 0 saturated heterocycles. The van der Waals surface area contributed by atoms with Crippen LogP contribution in [0.25, 0.3) is 0 Å². The number of sulfone groups is 1. The zero-order chi connectivity index (χ0) is 13.9. The van der Waals surface area contributed by atoms with Gasteiger partial charge in [0, 0.05) is 6.26 Å². The highest BCUT2D eigenvalue weighted by molar-refractivity contribution is 7.90. The van der Waals surface area contributed by atoms with Gasteiger partial charge >= 0.3 is 5.97 Å². The molecule has 1 N–H and O–H groups in total. The summed E-state index contributed by atoms with van der Waals surface area (Å²) in [6.07, 6.45) is -0.387. The van der Waals surface area contributed by atoms with Gasteiger partial charge in [-0.1, -0.05) is 12.1 Å². The topological polar surface area (TPSA) is 80.7 Å². The number of benzene rings is 1. The molecule has 0 bridgehead atoms. The molecule has 0 heterocycles. The number of carbonyl (C=O) groups is 1. The maximum Gasteiger partial charge on any atom is 0.339 e.